The molecular formula is C41H41N5O3Si. The first kappa shape index (κ1) is 33.0. The minimum Gasteiger partial charge on any atom is -0.467 e. The van der Waals surface area contributed by atoms with E-state index in [1.165, 1.54) is 10.4 Å². The molecule has 0 atom stereocenters. The highest BCUT2D eigenvalue weighted by Crippen LogP contribution is 2.38. The fourth-order valence-corrected chi connectivity index (χ4v) is 11.4. The predicted molar refractivity (Wildman–Crippen MR) is 201 cm³/mol. The second kappa shape index (κ2) is 14.1. The molecule has 0 radical (unpaired) electrons. The van der Waals surface area contributed by atoms with E-state index >= 15 is 0 Å². The molecular weight excluding hydrogens is 639 g/mol. The molecule has 0 fully saturated rings. The van der Waals surface area contributed by atoms with Crippen LogP contribution in [-0.2, 0) is 23.9 Å². The highest BCUT2D eigenvalue weighted by atomic mass is 28.4. The number of urea groups is 1. The van der Waals surface area contributed by atoms with Crippen LogP contribution in [0.15, 0.2) is 144 Å². The lowest BCUT2D eigenvalue weighted by Gasteiger charge is -2.43. The zero-order valence-corrected chi connectivity index (χ0v) is 29.6. The molecule has 2 aromatic heterocycles. The number of nitrogens with one attached hydrogen (secondary N) is 1. The Hall–Kier alpha value is -5.51. The normalized spacial score (nSPS) is 13.3. The molecule has 0 saturated carbocycles. The maximum absolute atomic E-state index is 14.3. The second-order valence-corrected chi connectivity index (χ2v) is 17.8. The first-order valence-electron chi connectivity index (χ1n) is 17.0. The molecule has 0 unspecified atom stereocenters. The molecule has 8 nitrogen and oxygen atoms in total. The number of hydrogen-bond acceptors (Lipinski definition) is 6. The maximum Gasteiger partial charge on any atom is 0.331 e. The first-order valence-corrected chi connectivity index (χ1v) is 18.9. The molecule has 2 amide bonds. The van der Waals surface area contributed by atoms with Gasteiger partial charge < -0.3 is 19.1 Å². The number of carbonyl (C=O) groups excluding carboxylic acids is 1. The van der Waals surface area contributed by atoms with E-state index in [9.17, 15) is 4.79 Å². The van der Waals surface area contributed by atoms with E-state index < -0.39 is 8.32 Å². The molecule has 0 spiro atoms. The number of hydrogen-bond donors (Lipinski definition) is 1. The zero-order valence-electron chi connectivity index (χ0n) is 28.6. The van der Waals surface area contributed by atoms with Gasteiger partial charge in [-0.05, 0) is 63.8 Å². The van der Waals surface area contributed by atoms with Crippen LogP contribution in [0.25, 0.3) is 0 Å². The van der Waals surface area contributed by atoms with E-state index in [1.54, 1.807) is 22.3 Å². The number of nitrogens with zero attached hydrogens (tertiary/aromatic N) is 4. The minimum absolute atomic E-state index is 0.121. The maximum atomic E-state index is 14.3. The van der Waals surface area contributed by atoms with Gasteiger partial charge in [0.15, 0.2) is 5.82 Å². The molecule has 3 heterocycles. The van der Waals surface area contributed by atoms with Gasteiger partial charge in [0, 0.05) is 24.1 Å². The van der Waals surface area contributed by atoms with Gasteiger partial charge in [0.05, 0.1) is 25.0 Å². The predicted octanol–water partition coefficient (Wildman–Crippen LogP) is 8.21. The second-order valence-electron chi connectivity index (χ2n) is 13.5. The Bertz CT molecular complexity index is 1990. The fourth-order valence-electron chi connectivity index (χ4n) is 6.80. The summed E-state index contributed by atoms with van der Waals surface area (Å²) in [6.45, 7) is 8.09. The van der Waals surface area contributed by atoms with Crippen molar-refractivity contribution in [3.8, 4) is 0 Å². The van der Waals surface area contributed by atoms with Gasteiger partial charge in [-0.3, -0.25) is 0 Å². The molecule has 9 heteroatoms. The van der Waals surface area contributed by atoms with Gasteiger partial charge in [-0.1, -0.05) is 112 Å². The number of furan rings is 1. The zero-order chi connectivity index (χ0) is 34.6. The number of amides is 2. The van der Waals surface area contributed by atoms with Crippen LogP contribution >= 0.6 is 0 Å². The quantitative estimate of drug-likeness (QED) is 0.139. The van der Waals surface area contributed by atoms with Gasteiger partial charge in [0.2, 0.25) is 5.95 Å². The van der Waals surface area contributed by atoms with Crippen molar-refractivity contribution in [2.45, 2.75) is 45.3 Å². The van der Waals surface area contributed by atoms with Crippen LogP contribution < -0.4 is 20.6 Å². The molecule has 0 saturated heterocycles. The Balaban J connectivity index is 1.20. The Labute approximate surface area is 294 Å². The monoisotopic (exact) mass is 679 g/mol. The number of fused-ring (bicyclic) bond motifs is 1. The summed E-state index contributed by atoms with van der Waals surface area (Å²) in [6, 6.07) is 42.8. The van der Waals surface area contributed by atoms with Crippen LogP contribution in [0.2, 0.25) is 5.04 Å². The SMILES string of the molecule is CC(C)(C)[Si](OCCc1cccc(N2C(=O)N(Cc3ccco3)Cc3cnc(Nc4ccccc4)nc32)c1)(c1ccccc1)c1ccccc1. The highest BCUT2D eigenvalue weighted by molar-refractivity contribution is 6.99. The average molecular weight is 680 g/mol. The first-order chi connectivity index (χ1) is 24.3. The van der Waals surface area contributed by atoms with Crippen molar-refractivity contribution in [1.82, 2.24) is 14.9 Å². The largest absolute Gasteiger partial charge is 0.467 e. The number of benzene rings is 4. The molecule has 50 heavy (non-hydrogen) atoms. The van der Waals surface area contributed by atoms with Crippen LogP contribution in [0.1, 0.15) is 37.7 Å². The Kier molecular flexibility index (Phi) is 9.34. The van der Waals surface area contributed by atoms with E-state index in [1.807, 2.05) is 54.6 Å². The van der Waals surface area contributed by atoms with E-state index in [2.05, 4.69) is 104 Å². The van der Waals surface area contributed by atoms with Gasteiger partial charge >= 0.3 is 6.03 Å². The standard InChI is InChI=1S/C41H41N5O3Si/c1-41(2,3)50(36-20-9-5-10-21-36,37-22-11-6-12-23-37)49-26-24-31-15-13-18-34(27-31)46-38-32(29-45(40(46)47)30-35-19-14-25-48-35)28-42-39(44-38)43-33-16-7-4-8-17-33/h4-23,25,27-28H,24,26,29-30H2,1-3H3,(H,42,43,44). The molecule has 1 N–H and O–H groups in total. The Morgan fingerprint density at radius 1 is 0.840 bits per heavy atom. The molecule has 1 aliphatic heterocycles. The van der Waals surface area contributed by atoms with Gasteiger partial charge in [-0.15, -0.1) is 0 Å². The van der Waals surface area contributed by atoms with Crippen molar-refractivity contribution in [3.63, 3.8) is 0 Å². The van der Waals surface area contributed by atoms with Crippen LogP contribution in [0.4, 0.5) is 27.9 Å². The summed E-state index contributed by atoms with van der Waals surface area (Å²) >= 11 is 0. The number of rotatable bonds is 11. The molecule has 252 valence electrons. The summed E-state index contributed by atoms with van der Waals surface area (Å²) in [5.41, 5.74) is 3.50. The number of anilines is 4. The number of carbonyl (C=O) groups is 1. The highest BCUT2D eigenvalue weighted by Gasteiger charge is 2.50. The summed E-state index contributed by atoms with van der Waals surface area (Å²) in [5.74, 6) is 1.68. The minimum atomic E-state index is -2.69. The average Bonchev–Trinajstić information content (AvgIpc) is 3.65. The van der Waals surface area contributed by atoms with Gasteiger partial charge in [-0.2, -0.15) is 4.98 Å². The molecule has 6 aromatic rings. The smallest absolute Gasteiger partial charge is 0.331 e. The van der Waals surface area contributed by atoms with Crippen LogP contribution in [0.5, 0.6) is 0 Å². The van der Waals surface area contributed by atoms with Gasteiger partial charge in [-0.25, -0.2) is 14.7 Å². The molecule has 1 aliphatic rings. The fraction of sp³-hybridized carbons (Fsp3) is 0.195. The summed E-state index contributed by atoms with van der Waals surface area (Å²) in [5, 5.41) is 5.66. The molecule has 7 rings (SSSR count). The van der Waals surface area contributed by atoms with Crippen LogP contribution in [0, 0.1) is 0 Å². The van der Waals surface area contributed by atoms with E-state index in [4.69, 9.17) is 13.8 Å². The van der Waals surface area contributed by atoms with E-state index in [0.29, 0.717) is 43.6 Å². The van der Waals surface area contributed by atoms with Gasteiger partial charge in [0.1, 0.15) is 5.76 Å². The van der Waals surface area contributed by atoms with Crippen LogP contribution in [0.3, 0.4) is 0 Å². The molecule has 0 bridgehead atoms. The third kappa shape index (κ3) is 6.70. The van der Waals surface area contributed by atoms with E-state index in [0.717, 1.165) is 22.5 Å². The van der Waals surface area contributed by atoms with Crippen molar-refractivity contribution < 1.29 is 13.6 Å². The van der Waals surface area contributed by atoms with Crippen molar-refractivity contribution in [1.29, 1.82) is 0 Å². The summed E-state index contributed by atoms with van der Waals surface area (Å²) in [7, 11) is -2.69. The van der Waals surface area contributed by atoms with Crippen molar-refractivity contribution >= 4 is 47.9 Å². The third-order valence-corrected chi connectivity index (χ3v) is 14.2. The Morgan fingerprint density at radius 2 is 1.52 bits per heavy atom. The molecule has 0 aliphatic carbocycles. The number of aromatic nitrogens is 2. The van der Waals surface area contributed by atoms with Crippen LogP contribution in [-0.4, -0.2) is 35.8 Å². The lowest BCUT2D eigenvalue weighted by molar-refractivity contribution is 0.193. The lowest BCUT2D eigenvalue weighted by Crippen LogP contribution is -2.66. The Morgan fingerprint density at radius 3 is 2.16 bits per heavy atom. The topological polar surface area (TPSA) is 83.7 Å². The van der Waals surface area contributed by atoms with Crippen molar-refractivity contribution in [2.75, 3.05) is 16.8 Å². The molecule has 4 aromatic carbocycles. The summed E-state index contributed by atoms with van der Waals surface area (Å²) in [4.78, 5) is 27.2. The van der Waals surface area contributed by atoms with Crippen molar-refractivity contribution in [2.24, 2.45) is 0 Å². The van der Waals surface area contributed by atoms with E-state index in [-0.39, 0.29) is 11.1 Å². The third-order valence-electron chi connectivity index (χ3n) is 9.13. The summed E-state index contributed by atoms with van der Waals surface area (Å²) < 4.78 is 12.8. The van der Waals surface area contributed by atoms with Gasteiger partial charge in [0.25, 0.3) is 8.32 Å². The lowest BCUT2D eigenvalue weighted by atomic mass is 10.1. The summed E-state index contributed by atoms with van der Waals surface area (Å²) in [6.07, 6.45) is 4.09. The van der Waals surface area contributed by atoms with Crippen molar-refractivity contribution in [3.05, 3.63) is 157 Å². The number of para-hydroxylation sites is 1.